The molecular weight excluding hydrogens is 218 g/mol. The first kappa shape index (κ1) is 13.6. The molecule has 90 valence electrons. The third-order valence-electron chi connectivity index (χ3n) is 2.43. The lowest BCUT2D eigenvalue weighted by Crippen LogP contribution is -2.31. The Labute approximate surface area is 100 Å². The van der Waals surface area contributed by atoms with E-state index in [1.165, 1.54) is 5.30 Å². The fourth-order valence-corrected chi connectivity index (χ4v) is 6.38. The molecule has 0 aliphatic rings. The van der Waals surface area contributed by atoms with E-state index in [0.717, 1.165) is 0 Å². The van der Waals surface area contributed by atoms with E-state index in [4.69, 9.17) is 0 Å². The molecule has 0 aliphatic heterocycles. The van der Waals surface area contributed by atoms with Crippen LogP contribution in [0.5, 0.6) is 0 Å². The van der Waals surface area contributed by atoms with Gasteiger partial charge in [0, 0.05) is 0 Å². The molecule has 0 fully saturated rings. The molecule has 0 atom stereocenters. The molecule has 0 saturated carbocycles. The van der Waals surface area contributed by atoms with Gasteiger partial charge in [-0.15, -0.1) is 0 Å². The number of halogens is 1. The average Bonchev–Trinajstić information content (AvgIpc) is 2.03. The summed E-state index contributed by atoms with van der Waals surface area (Å²) in [6.07, 6.45) is 0. The molecule has 0 radical (unpaired) electrons. The first-order valence-electron chi connectivity index (χ1n) is 5.68. The highest BCUT2D eigenvalue weighted by molar-refractivity contribution is 7.68. The molecule has 2 heteroatoms. The molecule has 0 aliphatic carbocycles. The molecule has 0 heterocycles. The first-order chi connectivity index (χ1) is 7.12. The van der Waals surface area contributed by atoms with Gasteiger partial charge in [0.05, 0.1) is 0 Å². The van der Waals surface area contributed by atoms with E-state index < -0.39 is 0 Å². The molecule has 1 aromatic rings. The molecule has 0 N–H and O–H groups in total. The van der Waals surface area contributed by atoms with Crippen molar-refractivity contribution in [1.29, 1.82) is 0 Å². The van der Waals surface area contributed by atoms with Crippen LogP contribution in [0.25, 0.3) is 0 Å². The van der Waals surface area contributed by atoms with Gasteiger partial charge in [-0.3, -0.25) is 0 Å². The van der Waals surface area contributed by atoms with E-state index in [2.05, 4.69) is 41.5 Å². The van der Waals surface area contributed by atoms with Crippen molar-refractivity contribution in [1.82, 2.24) is 0 Å². The van der Waals surface area contributed by atoms with E-state index >= 15 is 0 Å². The minimum atomic E-state index is -0.317. The van der Waals surface area contributed by atoms with Crippen LogP contribution in [0.4, 0.5) is 4.39 Å². The lowest BCUT2D eigenvalue weighted by Gasteiger charge is -2.41. The van der Waals surface area contributed by atoms with Gasteiger partial charge in [-0.2, -0.15) is 0 Å². The van der Waals surface area contributed by atoms with Crippen molar-refractivity contribution in [3.05, 3.63) is 30.1 Å². The second kappa shape index (κ2) is 4.45. The van der Waals surface area contributed by atoms with Gasteiger partial charge in [0.25, 0.3) is 0 Å². The molecule has 0 spiro atoms. The van der Waals surface area contributed by atoms with Crippen LogP contribution < -0.4 is 5.30 Å². The standard InChI is InChI=1S/C14H22FP/c1-13(2,3)16(14(4,5)6)12-9-7-11(15)8-10-12/h7-10H,1-6H3. The van der Waals surface area contributed by atoms with Gasteiger partial charge >= 0.3 is 0 Å². The Bertz CT molecular complexity index is 326. The number of hydrogen-bond acceptors (Lipinski definition) is 0. The van der Waals surface area contributed by atoms with Crippen molar-refractivity contribution in [2.75, 3.05) is 0 Å². The van der Waals surface area contributed by atoms with Gasteiger partial charge in [-0.05, 0) is 27.7 Å². The van der Waals surface area contributed by atoms with Crippen molar-refractivity contribution in [3.8, 4) is 0 Å². The van der Waals surface area contributed by atoms with Gasteiger partial charge in [-0.25, -0.2) is 4.39 Å². The third kappa shape index (κ3) is 3.28. The van der Waals surface area contributed by atoms with Crippen LogP contribution >= 0.6 is 7.92 Å². The maximum Gasteiger partial charge on any atom is 0.123 e. The topological polar surface area (TPSA) is 0 Å². The summed E-state index contributed by atoms with van der Waals surface area (Å²) < 4.78 is 13.0. The summed E-state index contributed by atoms with van der Waals surface area (Å²) in [6, 6.07) is 7.03. The second-order valence-corrected chi connectivity index (χ2v) is 10.0. The SMILES string of the molecule is CC(C)(C)P(c1ccc(F)cc1)C(C)(C)C. The summed E-state index contributed by atoms with van der Waals surface area (Å²) in [4.78, 5) is 0. The number of benzene rings is 1. The Morgan fingerprint density at radius 2 is 1.19 bits per heavy atom. The van der Waals surface area contributed by atoms with E-state index in [9.17, 15) is 4.39 Å². The van der Waals surface area contributed by atoms with Gasteiger partial charge in [0.1, 0.15) is 5.82 Å². The van der Waals surface area contributed by atoms with Crippen molar-refractivity contribution in [3.63, 3.8) is 0 Å². The van der Waals surface area contributed by atoms with Crippen LogP contribution in [0.15, 0.2) is 24.3 Å². The minimum absolute atomic E-state index is 0.151. The van der Waals surface area contributed by atoms with E-state index in [0.29, 0.717) is 0 Å². The van der Waals surface area contributed by atoms with Crippen molar-refractivity contribution in [2.45, 2.75) is 51.9 Å². The zero-order chi connectivity index (χ0) is 12.6. The molecule has 1 rings (SSSR count). The maximum absolute atomic E-state index is 13.0. The summed E-state index contributed by atoms with van der Waals surface area (Å²) >= 11 is 0. The molecule has 16 heavy (non-hydrogen) atoms. The average molecular weight is 240 g/mol. The minimum Gasteiger partial charge on any atom is -0.207 e. The smallest absolute Gasteiger partial charge is 0.123 e. The van der Waals surface area contributed by atoms with Crippen LogP contribution in [0, 0.1) is 5.82 Å². The van der Waals surface area contributed by atoms with Gasteiger partial charge < -0.3 is 0 Å². The fraction of sp³-hybridized carbons (Fsp3) is 0.571. The third-order valence-corrected chi connectivity index (χ3v) is 5.92. The predicted molar refractivity (Wildman–Crippen MR) is 72.5 cm³/mol. The molecule has 0 aromatic heterocycles. The van der Waals surface area contributed by atoms with Gasteiger partial charge in [-0.1, -0.05) is 61.6 Å². The molecule has 0 unspecified atom stereocenters. The number of hydrogen-bond donors (Lipinski definition) is 0. The molecule has 0 nitrogen and oxygen atoms in total. The largest absolute Gasteiger partial charge is 0.207 e. The quantitative estimate of drug-likeness (QED) is 0.633. The first-order valence-corrected chi connectivity index (χ1v) is 7.02. The van der Waals surface area contributed by atoms with Gasteiger partial charge in [0.2, 0.25) is 0 Å². The van der Waals surface area contributed by atoms with Crippen molar-refractivity contribution in [2.24, 2.45) is 0 Å². The van der Waals surface area contributed by atoms with Crippen molar-refractivity contribution < 1.29 is 4.39 Å². The summed E-state index contributed by atoms with van der Waals surface area (Å²) in [5.41, 5.74) is 0. The molecule has 0 amide bonds. The zero-order valence-corrected chi connectivity index (χ0v) is 12.0. The summed E-state index contributed by atoms with van der Waals surface area (Å²) in [5.74, 6) is -0.151. The van der Waals surface area contributed by atoms with E-state index in [-0.39, 0.29) is 24.1 Å². The Hall–Kier alpha value is -0.420. The molecular formula is C14H22FP. The Kier molecular flexibility index (Phi) is 3.80. The summed E-state index contributed by atoms with van der Waals surface area (Å²) in [6.45, 7) is 13.6. The Morgan fingerprint density at radius 3 is 1.50 bits per heavy atom. The van der Waals surface area contributed by atoms with Crippen molar-refractivity contribution >= 4 is 13.2 Å². The summed E-state index contributed by atoms with van der Waals surface area (Å²) in [7, 11) is -0.317. The molecule has 0 saturated heterocycles. The molecule has 0 bridgehead atoms. The highest BCUT2D eigenvalue weighted by Crippen LogP contribution is 2.58. The van der Waals surface area contributed by atoms with Crippen LogP contribution in [-0.4, -0.2) is 10.3 Å². The highest BCUT2D eigenvalue weighted by Gasteiger charge is 2.35. The Morgan fingerprint density at radius 1 is 0.812 bits per heavy atom. The Balaban J connectivity index is 3.18. The highest BCUT2D eigenvalue weighted by atomic mass is 31.1. The lowest BCUT2D eigenvalue weighted by molar-refractivity contribution is 0.628. The zero-order valence-electron chi connectivity index (χ0n) is 11.1. The van der Waals surface area contributed by atoms with E-state index in [1.807, 2.05) is 12.1 Å². The van der Waals surface area contributed by atoms with Crippen LogP contribution in [-0.2, 0) is 0 Å². The molecule has 1 aromatic carbocycles. The normalized spacial score (nSPS) is 13.2. The van der Waals surface area contributed by atoms with E-state index in [1.54, 1.807) is 12.1 Å². The summed E-state index contributed by atoms with van der Waals surface area (Å²) in [5, 5.41) is 1.77. The van der Waals surface area contributed by atoms with Crippen LogP contribution in [0.1, 0.15) is 41.5 Å². The maximum atomic E-state index is 13.0. The number of rotatable bonds is 1. The lowest BCUT2D eigenvalue weighted by atomic mass is 10.2. The second-order valence-electron chi connectivity index (χ2n) is 6.15. The van der Waals surface area contributed by atoms with Crippen LogP contribution in [0.3, 0.4) is 0 Å². The fourth-order valence-electron chi connectivity index (χ4n) is 2.37. The van der Waals surface area contributed by atoms with Crippen LogP contribution in [0.2, 0.25) is 0 Å². The van der Waals surface area contributed by atoms with Gasteiger partial charge in [0.15, 0.2) is 0 Å². The predicted octanol–water partition coefficient (Wildman–Crippen LogP) is 4.53. The monoisotopic (exact) mass is 240 g/mol.